The van der Waals surface area contributed by atoms with E-state index in [4.69, 9.17) is 5.26 Å². The average Bonchev–Trinajstić information content (AvgIpc) is 2.44. The first-order valence-electron chi connectivity index (χ1n) is 5.45. The summed E-state index contributed by atoms with van der Waals surface area (Å²) in [5, 5.41) is 9.16. The van der Waals surface area contributed by atoms with Gasteiger partial charge in [-0.2, -0.15) is 0 Å². The van der Waals surface area contributed by atoms with E-state index < -0.39 is 0 Å². The number of nitriles is 1. The summed E-state index contributed by atoms with van der Waals surface area (Å²) in [6.45, 7) is 0. The molecule has 0 radical (unpaired) electrons. The van der Waals surface area contributed by atoms with Crippen LogP contribution in [0.5, 0.6) is 0 Å². The number of fused-ring (bicyclic) bond motifs is 2. The van der Waals surface area contributed by atoms with Crippen LogP contribution in [0.25, 0.3) is 0 Å². The first-order valence-corrected chi connectivity index (χ1v) is 6.31. The fourth-order valence-electron chi connectivity index (χ4n) is 2.24. The van der Waals surface area contributed by atoms with Crippen molar-refractivity contribution in [2.24, 2.45) is 0 Å². The van der Waals surface area contributed by atoms with Gasteiger partial charge in [-0.3, -0.25) is 0 Å². The van der Waals surface area contributed by atoms with Crippen LogP contribution in [0.3, 0.4) is 0 Å². The average molecular weight is 296 g/mol. The Balaban J connectivity index is 2.38. The van der Waals surface area contributed by atoms with Gasteiger partial charge in [0.15, 0.2) is 0 Å². The molecule has 18 heavy (non-hydrogen) atoms. The fourth-order valence-corrected chi connectivity index (χ4v) is 3.07. The molecule has 0 aliphatic heterocycles. The third-order valence-corrected chi connectivity index (χ3v) is 3.96. The summed E-state index contributed by atoms with van der Waals surface area (Å²) in [6.07, 6.45) is 0. The molecule has 0 atom stereocenters. The van der Waals surface area contributed by atoms with E-state index in [0.29, 0.717) is 16.7 Å². The number of carbonyl (C=O) groups is 1. The van der Waals surface area contributed by atoms with E-state index in [0.717, 1.165) is 15.5 Å². The van der Waals surface area contributed by atoms with Gasteiger partial charge in [-0.25, -0.2) is 0 Å². The summed E-state index contributed by atoms with van der Waals surface area (Å²) in [4.78, 5) is 12.4. The van der Waals surface area contributed by atoms with Gasteiger partial charge >= 0.3 is 112 Å². The van der Waals surface area contributed by atoms with Crippen LogP contribution in [0.4, 0.5) is 0 Å². The van der Waals surface area contributed by atoms with Crippen LogP contribution in [0.15, 0.2) is 42.5 Å². The van der Waals surface area contributed by atoms with Gasteiger partial charge in [0.2, 0.25) is 0 Å². The predicted octanol–water partition coefficient (Wildman–Crippen LogP) is 1.84. The number of ketones is 1. The van der Waals surface area contributed by atoms with E-state index in [1.165, 1.54) is 0 Å². The zero-order valence-electron chi connectivity index (χ0n) is 9.31. The van der Waals surface area contributed by atoms with E-state index in [9.17, 15) is 4.79 Å². The van der Waals surface area contributed by atoms with Crippen LogP contribution in [-0.4, -0.2) is 25.8 Å². The van der Waals surface area contributed by atoms with E-state index >= 15 is 0 Å². The maximum absolute atomic E-state index is 12.4. The molecule has 0 bridgehead atoms. The molecule has 1 aliphatic rings. The standard InChI is InChI=1S/C15H7NOSe/c16-8-9-4-3-7-12-13(9)15(18)11-6-2-1-5-10(11)14(12)17/h1-7H. The summed E-state index contributed by atoms with van der Waals surface area (Å²) < 4.78 is 0.873. The molecule has 0 spiro atoms. The minimum atomic E-state index is -0.0169. The number of hydrogen-bond acceptors (Lipinski definition) is 2. The Kier molecular flexibility index (Phi) is 2.48. The second-order valence-electron chi connectivity index (χ2n) is 4.04. The third kappa shape index (κ3) is 1.40. The molecule has 0 saturated heterocycles. The van der Waals surface area contributed by atoms with Crippen LogP contribution in [-0.2, 0) is 0 Å². The van der Waals surface area contributed by atoms with E-state index in [1.807, 2.05) is 24.3 Å². The monoisotopic (exact) mass is 297 g/mol. The van der Waals surface area contributed by atoms with Crippen LogP contribution in [0.2, 0.25) is 0 Å². The van der Waals surface area contributed by atoms with Gasteiger partial charge < -0.3 is 0 Å². The first kappa shape index (κ1) is 11.1. The number of nitrogens with zero attached hydrogens (tertiary/aromatic N) is 1. The molecule has 2 aromatic carbocycles. The van der Waals surface area contributed by atoms with Crippen molar-refractivity contribution in [3.63, 3.8) is 0 Å². The zero-order valence-corrected chi connectivity index (χ0v) is 11.0. The molecule has 0 heterocycles. The molecule has 3 heteroatoms. The van der Waals surface area contributed by atoms with Gasteiger partial charge in [0, 0.05) is 0 Å². The van der Waals surface area contributed by atoms with Crippen LogP contribution >= 0.6 is 0 Å². The molecule has 1 aliphatic carbocycles. The van der Waals surface area contributed by atoms with Crippen molar-refractivity contribution in [2.75, 3.05) is 0 Å². The van der Waals surface area contributed by atoms with Gasteiger partial charge in [0.1, 0.15) is 0 Å². The van der Waals surface area contributed by atoms with Gasteiger partial charge in [-0.05, 0) is 0 Å². The number of carbonyl (C=O) groups excluding carboxylic acids is 1. The topological polar surface area (TPSA) is 40.9 Å². The Bertz CT molecular complexity index is 740. The van der Waals surface area contributed by atoms with Crippen molar-refractivity contribution >= 4 is 25.8 Å². The molecule has 84 valence electrons. The molecule has 0 N–H and O–H groups in total. The molecular weight excluding hydrogens is 289 g/mol. The molecule has 0 aromatic heterocycles. The quantitative estimate of drug-likeness (QED) is 0.594. The number of hydrogen-bond donors (Lipinski definition) is 0. The van der Waals surface area contributed by atoms with Crippen LogP contribution in [0.1, 0.15) is 32.6 Å². The fraction of sp³-hybridized carbons (Fsp3) is 0. The van der Waals surface area contributed by atoms with Crippen molar-refractivity contribution in [2.45, 2.75) is 0 Å². The molecule has 0 fully saturated rings. The van der Waals surface area contributed by atoms with Gasteiger partial charge in [0.25, 0.3) is 0 Å². The Hall–Kier alpha value is -2.01. The summed E-state index contributed by atoms with van der Waals surface area (Å²) >= 11 is 3.00. The molecule has 0 saturated carbocycles. The summed E-state index contributed by atoms with van der Waals surface area (Å²) in [6, 6.07) is 14.9. The second kappa shape index (κ2) is 4.03. The molecule has 2 nitrogen and oxygen atoms in total. The van der Waals surface area contributed by atoms with Crippen molar-refractivity contribution < 1.29 is 4.79 Å². The normalized spacial score (nSPS) is 12.6. The number of benzene rings is 2. The Labute approximate surface area is 112 Å². The Morgan fingerprint density at radius 2 is 1.61 bits per heavy atom. The molecule has 3 rings (SSSR count). The van der Waals surface area contributed by atoms with Crippen molar-refractivity contribution in [3.05, 3.63) is 70.3 Å². The molecular formula is C15H7NOSe. The minimum absolute atomic E-state index is 0.0169. The van der Waals surface area contributed by atoms with Crippen molar-refractivity contribution in [1.82, 2.24) is 0 Å². The van der Waals surface area contributed by atoms with Crippen molar-refractivity contribution in [1.29, 1.82) is 5.26 Å². The molecule has 2 aromatic rings. The molecule has 0 unspecified atom stereocenters. The second-order valence-corrected chi connectivity index (χ2v) is 4.90. The maximum atomic E-state index is 12.4. The van der Waals surface area contributed by atoms with Gasteiger partial charge in [0.05, 0.1) is 0 Å². The van der Waals surface area contributed by atoms with E-state index in [1.54, 1.807) is 18.2 Å². The van der Waals surface area contributed by atoms with Crippen molar-refractivity contribution in [3.8, 4) is 6.07 Å². The molecule has 0 amide bonds. The van der Waals surface area contributed by atoms with Crippen LogP contribution < -0.4 is 0 Å². The van der Waals surface area contributed by atoms with E-state index in [2.05, 4.69) is 21.6 Å². The summed E-state index contributed by atoms with van der Waals surface area (Å²) in [5.74, 6) is -0.0169. The first-order chi connectivity index (χ1) is 8.74. The Morgan fingerprint density at radius 1 is 0.944 bits per heavy atom. The van der Waals surface area contributed by atoms with Gasteiger partial charge in [-0.1, -0.05) is 0 Å². The number of rotatable bonds is 0. The van der Waals surface area contributed by atoms with Crippen LogP contribution in [0, 0.1) is 11.3 Å². The summed E-state index contributed by atoms with van der Waals surface area (Å²) in [7, 11) is 0. The predicted molar refractivity (Wildman–Crippen MR) is 70.0 cm³/mol. The Morgan fingerprint density at radius 3 is 2.33 bits per heavy atom. The van der Waals surface area contributed by atoms with E-state index in [-0.39, 0.29) is 5.78 Å². The third-order valence-electron chi connectivity index (χ3n) is 3.07. The summed E-state index contributed by atoms with van der Waals surface area (Å²) in [5.41, 5.74) is 3.42. The zero-order chi connectivity index (χ0) is 12.7. The SMILES string of the molecule is N#Cc1cccc2c1C(=[Se])c1ccccc1C2=O. The van der Waals surface area contributed by atoms with Gasteiger partial charge in [-0.15, -0.1) is 0 Å².